The van der Waals surface area contributed by atoms with Crippen molar-refractivity contribution in [2.45, 2.75) is 45.1 Å². The molecule has 5 nitrogen and oxygen atoms in total. The zero-order valence-corrected chi connectivity index (χ0v) is 16.6. The molecule has 2 aliphatic rings. The molecule has 0 spiro atoms. The molecule has 3 aromatic heterocycles. The van der Waals surface area contributed by atoms with E-state index < -0.39 is 0 Å². The smallest absolute Gasteiger partial charge is 0.164 e. The number of pyridine rings is 1. The van der Waals surface area contributed by atoms with Crippen molar-refractivity contribution in [1.82, 2.24) is 15.0 Å². The summed E-state index contributed by atoms with van der Waals surface area (Å²) in [6.45, 7) is 5.80. The van der Waals surface area contributed by atoms with E-state index in [-0.39, 0.29) is 0 Å². The van der Waals surface area contributed by atoms with Gasteiger partial charge in [0.25, 0.3) is 0 Å². The zero-order valence-electron chi connectivity index (χ0n) is 15.8. The quantitative estimate of drug-likeness (QED) is 0.715. The van der Waals surface area contributed by atoms with Crippen LogP contribution in [0.15, 0.2) is 24.5 Å². The van der Waals surface area contributed by atoms with E-state index >= 15 is 0 Å². The first-order chi connectivity index (χ1) is 13.3. The summed E-state index contributed by atoms with van der Waals surface area (Å²) >= 11 is 1.86. The second-order valence-electron chi connectivity index (χ2n) is 7.66. The summed E-state index contributed by atoms with van der Waals surface area (Å²) in [5, 5.41) is 5.01. The Morgan fingerprint density at radius 2 is 2.22 bits per heavy atom. The minimum absolute atomic E-state index is 0.688. The topological polar surface area (TPSA) is 55.1 Å². The van der Waals surface area contributed by atoms with Crippen molar-refractivity contribution in [3.05, 3.63) is 35.0 Å². The van der Waals surface area contributed by atoms with Crippen LogP contribution in [-0.4, -0.2) is 40.6 Å². The van der Waals surface area contributed by atoms with Gasteiger partial charge in [-0.05, 0) is 43.9 Å². The van der Waals surface area contributed by atoms with E-state index in [2.05, 4.69) is 17.2 Å². The number of likely N-dealkylation sites (tertiary alicyclic amines) is 1. The Morgan fingerprint density at radius 3 is 3.07 bits per heavy atom. The maximum atomic E-state index is 4.97. The van der Waals surface area contributed by atoms with E-state index in [1.165, 1.54) is 54.6 Å². The predicted octanol–water partition coefficient (Wildman–Crippen LogP) is 2.72. The van der Waals surface area contributed by atoms with Crippen LogP contribution in [0.1, 0.15) is 36.6 Å². The van der Waals surface area contributed by atoms with Crippen LogP contribution in [0.2, 0.25) is 0 Å². The molecule has 0 radical (unpaired) electrons. The monoisotopic (exact) mass is 380 g/mol. The number of thiophene rings is 1. The van der Waals surface area contributed by atoms with Crippen LogP contribution in [-0.2, 0) is 12.8 Å². The van der Waals surface area contributed by atoms with E-state index in [1.807, 2.05) is 29.7 Å². The number of quaternary nitrogens is 1. The number of likely N-dealkylation sites (N-methyl/N-ethyl adjacent to an activating group) is 1. The fourth-order valence-corrected chi connectivity index (χ4v) is 5.92. The summed E-state index contributed by atoms with van der Waals surface area (Å²) in [6.07, 6.45) is 9.90. The molecule has 1 aliphatic carbocycles. The summed E-state index contributed by atoms with van der Waals surface area (Å²) in [7, 11) is 0. The first-order valence-electron chi connectivity index (χ1n) is 10.1. The molecule has 4 heterocycles. The minimum atomic E-state index is 0.688. The largest absolute Gasteiger partial charge is 0.363 e. The van der Waals surface area contributed by atoms with Crippen molar-refractivity contribution >= 4 is 27.4 Å². The molecule has 5 rings (SSSR count). The summed E-state index contributed by atoms with van der Waals surface area (Å²) in [4.78, 5) is 18.5. The van der Waals surface area contributed by atoms with Gasteiger partial charge in [-0.1, -0.05) is 0 Å². The SMILES string of the molecule is CC[NH+]1CCC[C@@H]1CNc1nc(-c2cccnc2)nc2sc3c(c12)CCC3. The highest BCUT2D eigenvalue weighted by Crippen LogP contribution is 2.40. The van der Waals surface area contributed by atoms with Gasteiger partial charge in [-0.25, -0.2) is 9.97 Å². The fraction of sp³-hybridized carbons (Fsp3) is 0.476. The van der Waals surface area contributed by atoms with Gasteiger partial charge in [0.2, 0.25) is 0 Å². The van der Waals surface area contributed by atoms with E-state index in [9.17, 15) is 0 Å². The highest BCUT2D eigenvalue weighted by molar-refractivity contribution is 7.19. The number of nitrogens with zero attached hydrogens (tertiary/aromatic N) is 3. The fourth-order valence-electron chi connectivity index (χ4n) is 4.66. The van der Waals surface area contributed by atoms with Crippen molar-refractivity contribution in [3.8, 4) is 11.4 Å². The van der Waals surface area contributed by atoms with Crippen LogP contribution in [0.25, 0.3) is 21.6 Å². The number of nitrogens with one attached hydrogen (secondary N) is 2. The number of hydrogen-bond donors (Lipinski definition) is 2. The molecule has 2 N–H and O–H groups in total. The lowest BCUT2D eigenvalue weighted by atomic mass is 10.1. The van der Waals surface area contributed by atoms with Gasteiger partial charge in [-0.3, -0.25) is 4.98 Å². The van der Waals surface area contributed by atoms with Crippen molar-refractivity contribution in [2.75, 3.05) is 25.0 Å². The number of fused-ring (bicyclic) bond motifs is 3. The third kappa shape index (κ3) is 3.11. The number of rotatable bonds is 5. The summed E-state index contributed by atoms with van der Waals surface area (Å²) in [5.74, 6) is 1.81. The number of aromatic nitrogens is 3. The normalized spacial score (nSPS) is 21.7. The number of hydrogen-bond acceptors (Lipinski definition) is 5. The molecule has 2 atom stereocenters. The molecule has 6 heteroatoms. The predicted molar refractivity (Wildman–Crippen MR) is 111 cm³/mol. The van der Waals surface area contributed by atoms with Crippen LogP contribution < -0.4 is 10.2 Å². The first-order valence-corrected chi connectivity index (χ1v) is 11.0. The maximum Gasteiger partial charge on any atom is 0.164 e. The molecule has 140 valence electrons. The van der Waals surface area contributed by atoms with Crippen molar-refractivity contribution in [2.24, 2.45) is 0 Å². The summed E-state index contributed by atoms with van der Waals surface area (Å²) < 4.78 is 0. The third-order valence-electron chi connectivity index (χ3n) is 6.08. The number of aryl methyl sites for hydroxylation is 2. The molecule has 1 fully saturated rings. The highest BCUT2D eigenvalue weighted by Gasteiger charge is 2.28. The van der Waals surface area contributed by atoms with Gasteiger partial charge in [0.05, 0.1) is 25.0 Å². The van der Waals surface area contributed by atoms with Crippen molar-refractivity contribution < 1.29 is 4.90 Å². The molecule has 1 unspecified atom stereocenters. The Balaban J connectivity index is 1.54. The van der Waals surface area contributed by atoms with Crippen LogP contribution in [0.5, 0.6) is 0 Å². The lowest BCUT2D eigenvalue weighted by Crippen LogP contribution is -3.14. The highest BCUT2D eigenvalue weighted by atomic mass is 32.1. The van der Waals surface area contributed by atoms with Crippen LogP contribution in [0.4, 0.5) is 5.82 Å². The lowest BCUT2D eigenvalue weighted by Gasteiger charge is -2.20. The van der Waals surface area contributed by atoms with Crippen LogP contribution in [0, 0.1) is 0 Å². The van der Waals surface area contributed by atoms with Gasteiger partial charge in [0.1, 0.15) is 16.7 Å². The molecule has 0 bridgehead atoms. The molecule has 1 saturated heterocycles. The summed E-state index contributed by atoms with van der Waals surface area (Å²) in [6, 6.07) is 4.68. The van der Waals surface area contributed by atoms with Gasteiger partial charge in [-0.15, -0.1) is 11.3 Å². The van der Waals surface area contributed by atoms with Crippen LogP contribution in [0.3, 0.4) is 0 Å². The third-order valence-corrected chi connectivity index (χ3v) is 7.27. The van der Waals surface area contributed by atoms with Gasteiger partial charge < -0.3 is 10.2 Å². The van der Waals surface area contributed by atoms with E-state index in [0.29, 0.717) is 6.04 Å². The Morgan fingerprint density at radius 1 is 1.26 bits per heavy atom. The van der Waals surface area contributed by atoms with Gasteiger partial charge >= 0.3 is 0 Å². The van der Waals surface area contributed by atoms with Gasteiger partial charge in [0, 0.05) is 35.7 Å². The van der Waals surface area contributed by atoms with Gasteiger partial charge in [-0.2, -0.15) is 0 Å². The standard InChI is InChI=1S/C21H25N5S/c1-2-26-11-5-7-15(26)13-23-20-18-16-8-3-9-17(16)27-21(18)25-19(24-20)14-6-4-10-22-12-14/h4,6,10,12,15H,2-3,5,7-9,11,13H2,1H3,(H,23,24,25)/p+1/t15-/m1/s1. The van der Waals surface area contributed by atoms with E-state index in [0.717, 1.165) is 35.0 Å². The second kappa shape index (κ2) is 7.17. The first kappa shape index (κ1) is 17.1. The maximum absolute atomic E-state index is 4.97. The Hall–Kier alpha value is -2.05. The molecule has 0 amide bonds. The average Bonchev–Trinajstić information content (AvgIpc) is 3.41. The molecular formula is C21H26N5S+. The Labute approximate surface area is 163 Å². The molecule has 27 heavy (non-hydrogen) atoms. The second-order valence-corrected chi connectivity index (χ2v) is 8.74. The zero-order chi connectivity index (χ0) is 18.2. The van der Waals surface area contributed by atoms with Crippen LogP contribution >= 0.6 is 11.3 Å². The van der Waals surface area contributed by atoms with Crippen molar-refractivity contribution in [3.63, 3.8) is 0 Å². The summed E-state index contributed by atoms with van der Waals surface area (Å²) in [5.41, 5.74) is 2.47. The average molecular weight is 381 g/mol. The molecular weight excluding hydrogens is 354 g/mol. The molecule has 0 saturated carbocycles. The van der Waals surface area contributed by atoms with E-state index in [1.54, 1.807) is 11.1 Å². The Bertz CT molecular complexity index is 952. The molecule has 3 aromatic rings. The lowest BCUT2D eigenvalue weighted by molar-refractivity contribution is -0.908. The number of anilines is 1. The minimum Gasteiger partial charge on any atom is -0.363 e. The molecule has 1 aliphatic heterocycles. The van der Waals surface area contributed by atoms with Crippen molar-refractivity contribution in [1.29, 1.82) is 0 Å². The Kier molecular flexibility index (Phi) is 4.53. The van der Waals surface area contributed by atoms with E-state index in [4.69, 9.17) is 9.97 Å². The van der Waals surface area contributed by atoms with Gasteiger partial charge in [0.15, 0.2) is 5.82 Å². The molecule has 0 aromatic carbocycles.